The van der Waals surface area contributed by atoms with E-state index in [1.165, 1.54) is 6.08 Å². The van der Waals surface area contributed by atoms with Gasteiger partial charge in [0.2, 0.25) is 0 Å². The summed E-state index contributed by atoms with van der Waals surface area (Å²) >= 11 is 0. The van der Waals surface area contributed by atoms with E-state index in [0.717, 1.165) is 16.6 Å². The molecule has 0 saturated heterocycles. The molecule has 2 aromatic rings. The molecule has 0 radical (unpaired) electrons. The smallest absolute Gasteiger partial charge is 0.330 e. The molecule has 1 aromatic heterocycles. The number of aromatic nitrogens is 1. The second-order valence-electron chi connectivity index (χ2n) is 3.72. The summed E-state index contributed by atoms with van der Waals surface area (Å²) in [7, 11) is 0. The fourth-order valence-electron chi connectivity index (χ4n) is 1.54. The highest BCUT2D eigenvalue weighted by Crippen LogP contribution is 2.12. The van der Waals surface area contributed by atoms with Gasteiger partial charge in [-0.2, -0.15) is 0 Å². The molecule has 0 aliphatic heterocycles. The van der Waals surface area contributed by atoms with Gasteiger partial charge in [0.05, 0.1) is 11.2 Å². The quantitative estimate of drug-likeness (QED) is 0.655. The molecule has 0 aliphatic carbocycles. The van der Waals surface area contributed by atoms with Crippen molar-refractivity contribution in [3.8, 4) is 0 Å². The zero-order valence-corrected chi connectivity index (χ0v) is 9.87. The van der Waals surface area contributed by atoms with Crippen LogP contribution in [0.5, 0.6) is 0 Å². The molecule has 0 saturated carbocycles. The van der Waals surface area contributed by atoms with E-state index in [4.69, 9.17) is 10.5 Å². The molecule has 1 heterocycles. The molecule has 0 unspecified atom stereocenters. The van der Waals surface area contributed by atoms with Gasteiger partial charge in [-0.05, 0) is 18.2 Å². The van der Waals surface area contributed by atoms with Gasteiger partial charge in [-0.1, -0.05) is 24.3 Å². The molecule has 92 valence electrons. The standard InChI is InChI=1S/C14H14N2O2/c15-9-10-18-14(17)8-7-12-6-5-11-3-1-2-4-13(11)16-12/h1-8H,9-10,15H2/b8-7+. The van der Waals surface area contributed by atoms with E-state index in [1.807, 2.05) is 36.4 Å². The van der Waals surface area contributed by atoms with E-state index in [0.29, 0.717) is 6.54 Å². The molecule has 0 aliphatic rings. The van der Waals surface area contributed by atoms with Crippen molar-refractivity contribution >= 4 is 22.9 Å². The van der Waals surface area contributed by atoms with Crippen LogP contribution in [0.4, 0.5) is 0 Å². The molecule has 1 aromatic carbocycles. The monoisotopic (exact) mass is 242 g/mol. The van der Waals surface area contributed by atoms with Crippen molar-refractivity contribution < 1.29 is 9.53 Å². The lowest BCUT2D eigenvalue weighted by atomic mass is 10.2. The number of ether oxygens (including phenoxy) is 1. The third kappa shape index (κ3) is 3.15. The number of nitrogens with two attached hydrogens (primary N) is 1. The van der Waals surface area contributed by atoms with E-state index in [2.05, 4.69) is 4.98 Å². The molecule has 0 amide bonds. The summed E-state index contributed by atoms with van der Waals surface area (Å²) in [6.45, 7) is 0.558. The van der Waals surface area contributed by atoms with Gasteiger partial charge < -0.3 is 10.5 Å². The maximum atomic E-state index is 11.2. The normalized spacial score (nSPS) is 10.9. The lowest BCUT2D eigenvalue weighted by Gasteiger charge is -1.99. The summed E-state index contributed by atoms with van der Waals surface area (Å²) < 4.78 is 4.82. The third-order valence-corrected chi connectivity index (χ3v) is 2.37. The van der Waals surface area contributed by atoms with Crippen LogP contribution >= 0.6 is 0 Å². The number of rotatable bonds is 4. The van der Waals surface area contributed by atoms with Gasteiger partial charge in [0.1, 0.15) is 6.61 Å². The average Bonchev–Trinajstić information content (AvgIpc) is 2.42. The van der Waals surface area contributed by atoms with E-state index in [1.54, 1.807) is 6.08 Å². The summed E-state index contributed by atoms with van der Waals surface area (Å²) in [5, 5.41) is 1.07. The zero-order chi connectivity index (χ0) is 12.8. The lowest BCUT2D eigenvalue weighted by Crippen LogP contribution is -2.11. The van der Waals surface area contributed by atoms with Gasteiger partial charge in [0.25, 0.3) is 0 Å². The number of esters is 1. The van der Waals surface area contributed by atoms with Crippen LogP contribution in [0, 0.1) is 0 Å². The second-order valence-corrected chi connectivity index (χ2v) is 3.72. The van der Waals surface area contributed by atoms with Crippen molar-refractivity contribution in [2.45, 2.75) is 0 Å². The first-order valence-electron chi connectivity index (χ1n) is 5.70. The second kappa shape index (κ2) is 5.93. The van der Waals surface area contributed by atoms with Crippen molar-refractivity contribution in [1.82, 2.24) is 4.98 Å². The van der Waals surface area contributed by atoms with Gasteiger partial charge in [-0.3, -0.25) is 0 Å². The highest BCUT2D eigenvalue weighted by Gasteiger charge is 1.97. The summed E-state index contributed by atoms with van der Waals surface area (Å²) in [6.07, 6.45) is 2.98. The highest BCUT2D eigenvalue weighted by atomic mass is 16.5. The number of nitrogens with zero attached hydrogens (tertiary/aromatic N) is 1. The summed E-state index contributed by atoms with van der Waals surface area (Å²) in [5.74, 6) is -0.407. The van der Waals surface area contributed by atoms with Gasteiger partial charge in [0, 0.05) is 18.0 Å². The van der Waals surface area contributed by atoms with Gasteiger partial charge in [-0.15, -0.1) is 0 Å². The maximum Gasteiger partial charge on any atom is 0.330 e. The Labute approximate surface area is 105 Å². The Kier molecular flexibility index (Phi) is 4.04. The van der Waals surface area contributed by atoms with Gasteiger partial charge >= 0.3 is 5.97 Å². The fourth-order valence-corrected chi connectivity index (χ4v) is 1.54. The van der Waals surface area contributed by atoms with Crippen LogP contribution in [-0.4, -0.2) is 24.1 Å². The maximum absolute atomic E-state index is 11.2. The summed E-state index contributed by atoms with van der Waals surface area (Å²) in [6, 6.07) is 11.6. The number of hydrogen-bond acceptors (Lipinski definition) is 4. The summed E-state index contributed by atoms with van der Waals surface area (Å²) in [4.78, 5) is 15.7. The molecule has 4 heteroatoms. The molecule has 0 spiro atoms. The van der Waals surface area contributed by atoms with E-state index in [9.17, 15) is 4.79 Å². The number of carbonyl (C=O) groups is 1. The van der Waals surface area contributed by atoms with Crippen LogP contribution in [0.2, 0.25) is 0 Å². The predicted molar refractivity (Wildman–Crippen MR) is 70.8 cm³/mol. The minimum Gasteiger partial charge on any atom is -0.461 e. The van der Waals surface area contributed by atoms with Crippen LogP contribution < -0.4 is 5.73 Å². The predicted octanol–water partition coefficient (Wildman–Crippen LogP) is 1.75. The average molecular weight is 242 g/mol. The Morgan fingerprint density at radius 1 is 1.28 bits per heavy atom. The molecule has 0 fully saturated rings. The van der Waals surface area contributed by atoms with Crippen molar-refractivity contribution in [3.63, 3.8) is 0 Å². The Bertz CT molecular complexity index is 579. The largest absolute Gasteiger partial charge is 0.461 e. The first-order valence-corrected chi connectivity index (χ1v) is 5.70. The molecule has 2 N–H and O–H groups in total. The van der Waals surface area contributed by atoms with Crippen molar-refractivity contribution in [1.29, 1.82) is 0 Å². The molecular weight excluding hydrogens is 228 g/mol. The minimum atomic E-state index is -0.407. The Balaban J connectivity index is 2.12. The van der Waals surface area contributed by atoms with Crippen LogP contribution in [0.1, 0.15) is 5.69 Å². The van der Waals surface area contributed by atoms with Gasteiger partial charge in [0.15, 0.2) is 0 Å². The van der Waals surface area contributed by atoms with Crippen molar-refractivity contribution in [2.75, 3.05) is 13.2 Å². The van der Waals surface area contributed by atoms with Crippen LogP contribution in [0.25, 0.3) is 17.0 Å². The highest BCUT2D eigenvalue weighted by molar-refractivity contribution is 5.87. The first kappa shape index (κ1) is 12.3. The number of pyridine rings is 1. The molecule has 4 nitrogen and oxygen atoms in total. The summed E-state index contributed by atoms with van der Waals surface area (Å²) in [5.41, 5.74) is 6.85. The minimum absolute atomic E-state index is 0.230. The molecular formula is C14H14N2O2. The number of hydrogen-bond donors (Lipinski definition) is 1. The molecule has 2 rings (SSSR count). The first-order chi connectivity index (χ1) is 8.79. The number of fused-ring (bicyclic) bond motifs is 1. The SMILES string of the molecule is NCCOC(=O)/C=C/c1ccc2ccccc2n1. The Morgan fingerprint density at radius 2 is 2.11 bits per heavy atom. The molecule has 0 bridgehead atoms. The molecule has 18 heavy (non-hydrogen) atoms. The number of para-hydroxylation sites is 1. The Morgan fingerprint density at radius 3 is 2.94 bits per heavy atom. The fraction of sp³-hybridized carbons (Fsp3) is 0.143. The Hall–Kier alpha value is -2.20. The molecule has 0 atom stereocenters. The van der Waals surface area contributed by atoms with Crippen molar-refractivity contribution in [3.05, 3.63) is 48.2 Å². The topological polar surface area (TPSA) is 65.2 Å². The van der Waals surface area contributed by atoms with Crippen LogP contribution in [-0.2, 0) is 9.53 Å². The van der Waals surface area contributed by atoms with Crippen LogP contribution in [0.15, 0.2) is 42.5 Å². The third-order valence-electron chi connectivity index (χ3n) is 2.37. The van der Waals surface area contributed by atoms with E-state index >= 15 is 0 Å². The van der Waals surface area contributed by atoms with Crippen LogP contribution in [0.3, 0.4) is 0 Å². The number of carbonyl (C=O) groups excluding carboxylic acids is 1. The number of benzene rings is 1. The zero-order valence-electron chi connectivity index (χ0n) is 9.87. The van der Waals surface area contributed by atoms with Crippen molar-refractivity contribution in [2.24, 2.45) is 5.73 Å². The van der Waals surface area contributed by atoms with E-state index < -0.39 is 5.97 Å². The van der Waals surface area contributed by atoms with Gasteiger partial charge in [-0.25, -0.2) is 9.78 Å². The van der Waals surface area contributed by atoms with E-state index in [-0.39, 0.29) is 6.61 Å². The lowest BCUT2D eigenvalue weighted by molar-refractivity contribution is -0.137.